The van der Waals surface area contributed by atoms with Crippen molar-refractivity contribution in [2.75, 3.05) is 0 Å². The summed E-state index contributed by atoms with van der Waals surface area (Å²) in [6, 6.07) is 39.0. The minimum Gasteiger partial charge on any atom is -0.309 e. The van der Waals surface area contributed by atoms with Gasteiger partial charge in [-0.05, 0) is 70.5 Å². The molecule has 0 unspecified atom stereocenters. The summed E-state index contributed by atoms with van der Waals surface area (Å²) in [6.45, 7) is 4.00. The number of hydrogen-bond donors (Lipinski definition) is 0. The standard InChI is InChI=1S/C34H24ClN.C2H6/c35-31-22-33-34(29-11-5-4-10-28(29)31)30-12-6-7-13-32(30)36(33)27-20-18-26(19-21-27)25-16-14-24(15-17-25)23-8-2-1-3-9-23;1-2/h1-4,6-10,12-22H,5,11H2;1-2H3. The van der Waals surface area contributed by atoms with Gasteiger partial charge < -0.3 is 4.57 Å². The summed E-state index contributed by atoms with van der Waals surface area (Å²) in [5.74, 6) is 0. The van der Waals surface area contributed by atoms with E-state index in [1.54, 1.807) is 0 Å². The fourth-order valence-corrected chi connectivity index (χ4v) is 5.91. The predicted molar refractivity (Wildman–Crippen MR) is 165 cm³/mol. The zero-order valence-electron chi connectivity index (χ0n) is 21.8. The van der Waals surface area contributed by atoms with Crippen molar-refractivity contribution in [3.63, 3.8) is 0 Å². The van der Waals surface area contributed by atoms with E-state index in [9.17, 15) is 0 Å². The van der Waals surface area contributed by atoms with E-state index in [1.165, 1.54) is 55.2 Å². The van der Waals surface area contributed by atoms with Crippen LogP contribution in [0, 0.1) is 0 Å². The highest BCUT2D eigenvalue weighted by atomic mass is 35.5. The molecule has 38 heavy (non-hydrogen) atoms. The third kappa shape index (κ3) is 4.14. The number of aryl methyl sites for hydroxylation is 1. The highest BCUT2D eigenvalue weighted by molar-refractivity contribution is 6.33. The van der Waals surface area contributed by atoms with Crippen molar-refractivity contribution < 1.29 is 0 Å². The van der Waals surface area contributed by atoms with Crippen LogP contribution in [0.1, 0.15) is 31.4 Å². The largest absolute Gasteiger partial charge is 0.309 e. The van der Waals surface area contributed by atoms with Crippen molar-refractivity contribution in [2.45, 2.75) is 26.7 Å². The number of fused-ring (bicyclic) bond motifs is 5. The minimum atomic E-state index is 0.827. The van der Waals surface area contributed by atoms with Crippen LogP contribution < -0.4 is 0 Å². The molecule has 0 spiro atoms. The highest BCUT2D eigenvalue weighted by Gasteiger charge is 2.20. The van der Waals surface area contributed by atoms with Crippen LogP contribution in [0.15, 0.2) is 115 Å². The van der Waals surface area contributed by atoms with Crippen molar-refractivity contribution >= 4 is 39.5 Å². The van der Waals surface area contributed by atoms with Crippen LogP contribution in [0.2, 0.25) is 5.02 Å². The molecule has 1 heterocycles. The quantitative estimate of drug-likeness (QED) is 0.222. The lowest BCUT2D eigenvalue weighted by Crippen LogP contribution is -1.98. The van der Waals surface area contributed by atoms with Gasteiger partial charge in [0, 0.05) is 16.5 Å². The van der Waals surface area contributed by atoms with Gasteiger partial charge in [-0.2, -0.15) is 0 Å². The number of para-hydroxylation sites is 1. The molecule has 1 nitrogen and oxygen atoms in total. The maximum Gasteiger partial charge on any atom is 0.0559 e. The first-order valence-electron chi connectivity index (χ1n) is 13.5. The molecule has 7 rings (SSSR count). The average molecular weight is 512 g/mol. The lowest BCUT2D eigenvalue weighted by Gasteiger charge is -2.15. The summed E-state index contributed by atoms with van der Waals surface area (Å²) in [6.07, 6.45) is 6.49. The Morgan fingerprint density at radius 2 is 1.21 bits per heavy atom. The average Bonchev–Trinajstić information content (AvgIpc) is 3.33. The Labute approximate surface area is 229 Å². The number of aromatic nitrogens is 1. The van der Waals surface area contributed by atoms with Crippen molar-refractivity contribution in [1.29, 1.82) is 0 Å². The Kier molecular flexibility index (Phi) is 6.62. The summed E-state index contributed by atoms with van der Waals surface area (Å²) in [5, 5.41) is 3.44. The van der Waals surface area contributed by atoms with E-state index in [0.717, 1.165) is 23.6 Å². The summed E-state index contributed by atoms with van der Waals surface area (Å²) in [4.78, 5) is 0. The van der Waals surface area contributed by atoms with Crippen LogP contribution in [0.25, 0.3) is 55.8 Å². The molecular formula is C36H30ClN. The Bertz CT molecular complexity index is 1760. The second-order valence-corrected chi connectivity index (χ2v) is 9.84. The molecule has 0 bridgehead atoms. The first kappa shape index (κ1) is 24.3. The molecule has 0 N–H and O–H groups in total. The molecular weight excluding hydrogens is 482 g/mol. The van der Waals surface area contributed by atoms with Gasteiger partial charge in [0.15, 0.2) is 0 Å². The van der Waals surface area contributed by atoms with Crippen LogP contribution in [0.4, 0.5) is 0 Å². The number of nitrogens with zero attached hydrogens (tertiary/aromatic N) is 1. The first-order valence-corrected chi connectivity index (χ1v) is 13.8. The van der Waals surface area contributed by atoms with Crippen LogP contribution in [0.5, 0.6) is 0 Å². The molecule has 1 aliphatic carbocycles. The van der Waals surface area contributed by atoms with E-state index in [2.05, 4.69) is 126 Å². The minimum absolute atomic E-state index is 0.827. The summed E-state index contributed by atoms with van der Waals surface area (Å²) < 4.78 is 2.36. The van der Waals surface area contributed by atoms with E-state index in [0.29, 0.717) is 0 Å². The number of hydrogen-bond acceptors (Lipinski definition) is 0. The van der Waals surface area contributed by atoms with E-state index >= 15 is 0 Å². The second kappa shape index (κ2) is 10.4. The normalized spacial score (nSPS) is 12.3. The lowest BCUT2D eigenvalue weighted by atomic mass is 9.93. The van der Waals surface area contributed by atoms with Crippen molar-refractivity contribution in [3.8, 4) is 27.9 Å². The number of allylic oxidation sites excluding steroid dienone is 1. The molecule has 0 saturated heterocycles. The van der Waals surface area contributed by atoms with Gasteiger partial charge in [0.2, 0.25) is 0 Å². The SMILES string of the molecule is CC.Clc1cc2c(c3c1C=CCC3)c1ccccc1n2-c1ccc(-c2ccc(-c3ccccc3)cc2)cc1. The molecule has 0 atom stereocenters. The Morgan fingerprint density at radius 3 is 1.89 bits per heavy atom. The number of rotatable bonds is 3. The molecule has 0 aliphatic heterocycles. The topological polar surface area (TPSA) is 4.93 Å². The fraction of sp³-hybridized carbons (Fsp3) is 0.111. The van der Waals surface area contributed by atoms with Crippen LogP contribution in [-0.2, 0) is 6.42 Å². The first-order chi connectivity index (χ1) is 18.8. The van der Waals surface area contributed by atoms with Crippen LogP contribution in [0.3, 0.4) is 0 Å². The Hall–Kier alpha value is -4.07. The smallest absolute Gasteiger partial charge is 0.0559 e. The summed E-state index contributed by atoms with van der Waals surface area (Å²) >= 11 is 6.81. The van der Waals surface area contributed by atoms with Gasteiger partial charge in [-0.3, -0.25) is 0 Å². The number of benzene rings is 5. The van der Waals surface area contributed by atoms with Gasteiger partial charge >= 0.3 is 0 Å². The van der Waals surface area contributed by atoms with Gasteiger partial charge in [0.05, 0.1) is 16.1 Å². The zero-order valence-corrected chi connectivity index (χ0v) is 22.5. The molecule has 0 fully saturated rings. The van der Waals surface area contributed by atoms with Crippen LogP contribution in [-0.4, -0.2) is 4.57 Å². The molecule has 0 saturated carbocycles. The molecule has 186 valence electrons. The predicted octanol–water partition coefficient (Wildman–Crippen LogP) is 10.8. The monoisotopic (exact) mass is 511 g/mol. The zero-order chi connectivity index (χ0) is 26.1. The molecule has 1 aliphatic rings. The highest BCUT2D eigenvalue weighted by Crippen LogP contribution is 2.41. The molecule has 0 amide bonds. The van der Waals surface area contributed by atoms with E-state index < -0.39 is 0 Å². The van der Waals surface area contributed by atoms with E-state index in [1.807, 2.05) is 13.8 Å². The van der Waals surface area contributed by atoms with Gasteiger partial charge in [-0.15, -0.1) is 0 Å². The van der Waals surface area contributed by atoms with E-state index in [4.69, 9.17) is 11.6 Å². The Morgan fingerprint density at radius 1 is 0.632 bits per heavy atom. The Balaban J connectivity index is 0.00000129. The third-order valence-corrected chi connectivity index (χ3v) is 7.67. The molecule has 0 radical (unpaired) electrons. The molecule has 5 aromatic carbocycles. The van der Waals surface area contributed by atoms with Crippen molar-refractivity contribution in [1.82, 2.24) is 4.57 Å². The second-order valence-electron chi connectivity index (χ2n) is 9.43. The summed E-state index contributed by atoms with van der Waals surface area (Å²) in [5.41, 5.74) is 11.0. The lowest BCUT2D eigenvalue weighted by molar-refractivity contribution is 0.997. The number of halogens is 1. The summed E-state index contributed by atoms with van der Waals surface area (Å²) in [7, 11) is 0. The van der Waals surface area contributed by atoms with Crippen LogP contribution >= 0.6 is 11.6 Å². The fourth-order valence-electron chi connectivity index (χ4n) is 5.63. The maximum absolute atomic E-state index is 6.81. The maximum atomic E-state index is 6.81. The van der Waals surface area contributed by atoms with Crippen molar-refractivity contribution in [2.24, 2.45) is 0 Å². The van der Waals surface area contributed by atoms with Gasteiger partial charge in [-0.25, -0.2) is 0 Å². The molecule has 6 aromatic rings. The van der Waals surface area contributed by atoms with Gasteiger partial charge in [-0.1, -0.05) is 123 Å². The molecule has 2 heteroatoms. The van der Waals surface area contributed by atoms with Gasteiger partial charge in [0.1, 0.15) is 0 Å². The van der Waals surface area contributed by atoms with Crippen molar-refractivity contribution in [3.05, 3.63) is 131 Å². The third-order valence-electron chi connectivity index (χ3n) is 7.36. The van der Waals surface area contributed by atoms with Gasteiger partial charge in [0.25, 0.3) is 0 Å². The molecule has 1 aromatic heterocycles. The van der Waals surface area contributed by atoms with E-state index in [-0.39, 0.29) is 0 Å².